The summed E-state index contributed by atoms with van der Waals surface area (Å²) in [6.45, 7) is 5.56. The summed E-state index contributed by atoms with van der Waals surface area (Å²) in [5, 5.41) is 13.8. The minimum absolute atomic E-state index is 0.0770. The molecule has 0 saturated heterocycles. The van der Waals surface area contributed by atoms with Gasteiger partial charge in [0.05, 0.1) is 5.75 Å². The van der Waals surface area contributed by atoms with Gasteiger partial charge >= 0.3 is 0 Å². The molecule has 8 heteroatoms. The topological polar surface area (TPSA) is 84.0 Å². The van der Waals surface area contributed by atoms with Crippen molar-refractivity contribution in [3.05, 3.63) is 29.3 Å². The van der Waals surface area contributed by atoms with Crippen LogP contribution in [0.4, 0.5) is 10.8 Å². The Morgan fingerprint density at radius 1 is 1.12 bits per heavy atom. The molecule has 6 nitrogen and oxygen atoms in total. The molecule has 128 valence electrons. The number of thioether (sulfide) groups is 1. The summed E-state index contributed by atoms with van der Waals surface area (Å²) in [6.07, 6.45) is 1.74. The first-order valence-corrected chi connectivity index (χ1v) is 9.48. The first-order chi connectivity index (χ1) is 11.5. The van der Waals surface area contributed by atoms with Gasteiger partial charge in [0.15, 0.2) is 4.34 Å². The molecule has 0 unspecified atom stereocenters. The van der Waals surface area contributed by atoms with Crippen LogP contribution in [0.25, 0.3) is 0 Å². The maximum Gasteiger partial charge on any atom is 0.234 e. The molecule has 24 heavy (non-hydrogen) atoms. The molecule has 1 aromatic heterocycles. The number of benzene rings is 1. The van der Waals surface area contributed by atoms with E-state index < -0.39 is 0 Å². The van der Waals surface area contributed by atoms with E-state index in [1.807, 2.05) is 18.2 Å². The lowest BCUT2D eigenvalue weighted by Crippen LogP contribution is -2.16. The van der Waals surface area contributed by atoms with Gasteiger partial charge in [-0.15, -0.1) is 10.2 Å². The maximum absolute atomic E-state index is 12.3. The lowest BCUT2D eigenvalue weighted by molar-refractivity contribution is -0.114. The van der Waals surface area contributed by atoms with E-state index in [0.717, 1.165) is 29.7 Å². The molecule has 2 amide bonds. The number of carbonyl (C=O) groups excluding carboxylic acids is 2. The number of amides is 2. The normalized spacial score (nSPS) is 10.5. The summed E-state index contributed by atoms with van der Waals surface area (Å²) in [5.41, 5.74) is 3.19. The van der Waals surface area contributed by atoms with E-state index in [1.165, 1.54) is 30.0 Å². The maximum atomic E-state index is 12.3. The molecule has 0 radical (unpaired) electrons. The summed E-state index contributed by atoms with van der Waals surface area (Å²) in [4.78, 5) is 23.2. The first kappa shape index (κ1) is 18.4. The van der Waals surface area contributed by atoms with Gasteiger partial charge in [0.1, 0.15) is 0 Å². The van der Waals surface area contributed by atoms with Crippen molar-refractivity contribution in [2.24, 2.45) is 0 Å². The van der Waals surface area contributed by atoms with Crippen LogP contribution in [0.1, 0.15) is 31.9 Å². The van der Waals surface area contributed by atoms with Crippen LogP contribution in [0.15, 0.2) is 22.5 Å². The first-order valence-electron chi connectivity index (χ1n) is 7.68. The van der Waals surface area contributed by atoms with Gasteiger partial charge in [-0.3, -0.25) is 9.59 Å². The third kappa shape index (κ3) is 5.04. The fraction of sp³-hybridized carbons (Fsp3) is 0.375. The van der Waals surface area contributed by atoms with Crippen molar-refractivity contribution < 1.29 is 9.59 Å². The van der Waals surface area contributed by atoms with Crippen LogP contribution in [0.2, 0.25) is 0 Å². The number of hydrogen-bond donors (Lipinski definition) is 2. The number of para-hydroxylation sites is 1. The monoisotopic (exact) mass is 364 g/mol. The molecule has 1 heterocycles. The van der Waals surface area contributed by atoms with Gasteiger partial charge in [-0.05, 0) is 24.0 Å². The molecule has 0 spiro atoms. The number of aryl methyl sites for hydroxylation is 2. The minimum Gasteiger partial charge on any atom is -0.325 e. The van der Waals surface area contributed by atoms with Crippen molar-refractivity contribution in [1.29, 1.82) is 0 Å². The lowest BCUT2D eigenvalue weighted by atomic mass is 10.0. The highest BCUT2D eigenvalue weighted by molar-refractivity contribution is 8.01. The van der Waals surface area contributed by atoms with Crippen LogP contribution < -0.4 is 10.6 Å². The number of nitrogens with zero attached hydrogens (tertiary/aromatic N) is 2. The number of aromatic nitrogens is 2. The van der Waals surface area contributed by atoms with Crippen LogP contribution in [0, 0.1) is 0 Å². The van der Waals surface area contributed by atoms with Crippen molar-refractivity contribution in [2.75, 3.05) is 16.4 Å². The summed E-state index contributed by atoms with van der Waals surface area (Å²) in [5.74, 6) is -0.0220. The third-order valence-corrected chi connectivity index (χ3v) is 5.25. The highest BCUT2D eigenvalue weighted by Crippen LogP contribution is 2.26. The Balaban J connectivity index is 1.96. The second-order valence-corrected chi connectivity index (χ2v) is 7.25. The Labute approximate surface area is 149 Å². The average Bonchev–Trinajstić information content (AvgIpc) is 2.99. The zero-order valence-corrected chi connectivity index (χ0v) is 15.5. The molecule has 2 rings (SSSR count). The lowest BCUT2D eigenvalue weighted by Gasteiger charge is -2.14. The zero-order valence-electron chi connectivity index (χ0n) is 13.9. The molecule has 0 aliphatic carbocycles. The van der Waals surface area contributed by atoms with Crippen molar-refractivity contribution in [2.45, 2.75) is 38.0 Å². The molecule has 2 N–H and O–H groups in total. The van der Waals surface area contributed by atoms with Gasteiger partial charge in [-0.1, -0.05) is 55.1 Å². The van der Waals surface area contributed by atoms with Crippen LogP contribution in [0.3, 0.4) is 0 Å². The van der Waals surface area contributed by atoms with E-state index >= 15 is 0 Å². The summed E-state index contributed by atoms with van der Waals surface area (Å²) in [7, 11) is 0. The van der Waals surface area contributed by atoms with Crippen molar-refractivity contribution >= 4 is 45.7 Å². The molecule has 1 aromatic carbocycles. The SMILES string of the molecule is CCc1cccc(CC)c1NC(=O)CSc1nnc(NC(C)=O)s1. The van der Waals surface area contributed by atoms with Crippen LogP contribution >= 0.6 is 23.1 Å². The smallest absolute Gasteiger partial charge is 0.234 e. The Hall–Kier alpha value is -1.93. The number of hydrogen-bond acceptors (Lipinski definition) is 6. The summed E-state index contributed by atoms with van der Waals surface area (Å²) < 4.78 is 0.647. The standard InChI is InChI=1S/C16H20N4O2S2/c1-4-11-7-6-8-12(5-2)14(11)18-13(22)9-23-16-20-19-15(24-16)17-10(3)21/h6-8H,4-5,9H2,1-3H3,(H,18,22)(H,17,19,21). The fourth-order valence-corrected chi connectivity index (χ4v) is 3.77. The van der Waals surface area contributed by atoms with Gasteiger partial charge in [-0.2, -0.15) is 0 Å². The summed E-state index contributed by atoms with van der Waals surface area (Å²) in [6, 6.07) is 6.09. The molecular formula is C16H20N4O2S2. The number of nitrogens with one attached hydrogen (secondary N) is 2. The zero-order chi connectivity index (χ0) is 17.5. The van der Waals surface area contributed by atoms with Gasteiger partial charge in [0.25, 0.3) is 0 Å². The number of carbonyl (C=O) groups is 2. The van der Waals surface area contributed by atoms with Crippen LogP contribution in [-0.2, 0) is 22.4 Å². The largest absolute Gasteiger partial charge is 0.325 e. The molecule has 0 aliphatic heterocycles. The predicted octanol–water partition coefficient (Wildman–Crippen LogP) is 3.35. The minimum atomic E-state index is -0.191. The third-order valence-electron chi connectivity index (χ3n) is 3.28. The average molecular weight is 364 g/mol. The molecule has 2 aromatic rings. The Morgan fingerprint density at radius 3 is 2.38 bits per heavy atom. The fourth-order valence-electron chi connectivity index (χ4n) is 2.18. The van der Waals surface area contributed by atoms with Crippen LogP contribution in [-0.4, -0.2) is 27.8 Å². The van der Waals surface area contributed by atoms with E-state index in [0.29, 0.717) is 9.47 Å². The van der Waals surface area contributed by atoms with Gasteiger partial charge in [0, 0.05) is 12.6 Å². The highest BCUT2D eigenvalue weighted by atomic mass is 32.2. The quantitative estimate of drug-likeness (QED) is 0.581. The highest BCUT2D eigenvalue weighted by Gasteiger charge is 2.12. The predicted molar refractivity (Wildman–Crippen MR) is 98.8 cm³/mol. The second kappa shape index (κ2) is 8.79. The molecule has 0 bridgehead atoms. The Bertz CT molecular complexity index is 708. The van der Waals surface area contributed by atoms with Crippen molar-refractivity contribution in [1.82, 2.24) is 10.2 Å². The molecule has 0 saturated carbocycles. The van der Waals surface area contributed by atoms with E-state index in [2.05, 4.69) is 34.7 Å². The Morgan fingerprint density at radius 2 is 1.79 bits per heavy atom. The van der Waals surface area contributed by atoms with E-state index in [-0.39, 0.29) is 17.6 Å². The number of rotatable bonds is 7. The van der Waals surface area contributed by atoms with Gasteiger partial charge < -0.3 is 10.6 Å². The molecule has 0 fully saturated rings. The van der Waals surface area contributed by atoms with E-state index in [4.69, 9.17) is 0 Å². The molecular weight excluding hydrogens is 344 g/mol. The second-order valence-electron chi connectivity index (χ2n) is 5.05. The Kier molecular flexibility index (Phi) is 6.74. The van der Waals surface area contributed by atoms with Crippen molar-refractivity contribution in [3.8, 4) is 0 Å². The van der Waals surface area contributed by atoms with Gasteiger partial charge in [-0.25, -0.2) is 0 Å². The van der Waals surface area contributed by atoms with Crippen molar-refractivity contribution in [3.63, 3.8) is 0 Å². The van der Waals surface area contributed by atoms with E-state index in [9.17, 15) is 9.59 Å². The molecule has 0 aliphatic rings. The van der Waals surface area contributed by atoms with Gasteiger partial charge in [0.2, 0.25) is 16.9 Å². The van der Waals surface area contributed by atoms with Crippen LogP contribution in [0.5, 0.6) is 0 Å². The van der Waals surface area contributed by atoms with E-state index in [1.54, 1.807) is 0 Å². The molecule has 0 atom stereocenters. The summed E-state index contributed by atoms with van der Waals surface area (Å²) >= 11 is 2.56. The number of anilines is 2.